The molecule has 0 aliphatic heterocycles. The topological polar surface area (TPSA) is 90.7 Å². The van der Waals surface area contributed by atoms with Crippen LogP contribution >= 0.6 is 0 Å². The number of benzene rings is 2. The number of nitrogens with one attached hydrogen (secondary N) is 1. The number of rotatable bonds is 6. The molecule has 0 radical (unpaired) electrons. The quantitative estimate of drug-likeness (QED) is 0.854. The maximum Gasteiger partial charge on any atom is 0.262 e. The molecule has 6 nitrogen and oxygen atoms in total. The molecule has 0 atom stereocenters. The van der Waals surface area contributed by atoms with E-state index in [0.29, 0.717) is 22.7 Å². The Morgan fingerprint density at radius 1 is 1.13 bits per heavy atom. The molecular formula is C17H18N2O4. The van der Waals surface area contributed by atoms with Crippen molar-refractivity contribution in [2.45, 2.75) is 6.92 Å². The first kappa shape index (κ1) is 16.4. The van der Waals surface area contributed by atoms with Crippen molar-refractivity contribution in [1.29, 1.82) is 0 Å². The Balaban J connectivity index is 1.98. The second-order valence-corrected chi connectivity index (χ2v) is 4.94. The zero-order valence-electron chi connectivity index (χ0n) is 13.0. The average molecular weight is 314 g/mol. The van der Waals surface area contributed by atoms with Crippen molar-refractivity contribution in [3.63, 3.8) is 0 Å². The van der Waals surface area contributed by atoms with Gasteiger partial charge >= 0.3 is 0 Å². The molecule has 0 heterocycles. The molecule has 0 aliphatic rings. The molecule has 2 aromatic rings. The summed E-state index contributed by atoms with van der Waals surface area (Å²) in [7, 11) is 1.54. The smallest absolute Gasteiger partial charge is 0.262 e. The molecule has 0 unspecified atom stereocenters. The fraction of sp³-hybridized carbons (Fsp3) is 0.176. The van der Waals surface area contributed by atoms with Gasteiger partial charge in [-0.1, -0.05) is 12.1 Å². The van der Waals surface area contributed by atoms with E-state index in [1.54, 1.807) is 24.3 Å². The first-order valence-electron chi connectivity index (χ1n) is 6.97. The van der Waals surface area contributed by atoms with Gasteiger partial charge in [-0.3, -0.25) is 9.59 Å². The van der Waals surface area contributed by atoms with Crippen LogP contribution in [-0.2, 0) is 4.79 Å². The molecule has 0 spiro atoms. The first-order valence-corrected chi connectivity index (χ1v) is 6.97. The largest absolute Gasteiger partial charge is 0.493 e. The summed E-state index contributed by atoms with van der Waals surface area (Å²) < 4.78 is 10.7. The molecule has 0 aliphatic carbocycles. The van der Waals surface area contributed by atoms with Gasteiger partial charge in [-0.15, -0.1) is 0 Å². The number of ether oxygens (including phenoxy) is 2. The Morgan fingerprint density at radius 3 is 2.61 bits per heavy atom. The fourth-order valence-electron chi connectivity index (χ4n) is 1.98. The SMILES string of the molecule is COc1cc(C)ccc1OCC(=O)Nc1cccc(C(N)=O)c1. The molecule has 0 saturated heterocycles. The fourth-order valence-corrected chi connectivity index (χ4v) is 1.98. The Labute approximate surface area is 134 Å². The van der Waals surface area contributed by atoms with Gasteiger partial charge in [0, 0.05) is 11.3 Å². The zero-order valence-corrected chi connectivity index (χ0v) is 13.0. The maximum atomic E-state index is 11.9. The van der Waals surface area contributed by atoms with E-state index in [0.717, 1.165) is 5.56 Å². The van der Waals surface area contributed by atoms with E-state index >= 15 is 0 Å². The third-order valence-electron chi connectivity index (χ3n) is 3.11. The van der Waals surface area contributed by atoms with Crippen molar-refractivity contribution in [2.24, 2.45) is 5.73 Å². The summed E-state index contributed by atoms with van der Waals surface area (Å²) in [5.41, 5.74) is 7.03. The summed E-state index contributed by atoms with van der Waals surface area (Å²) in [4.78, 5) is 23.1. The van der Waals surface area contributed by atoms with Crippen molar-refractivity contribution in [3.05, 3.63) is 53.6 Å². The average Bonchev–Trinajstić information content (AvgIpc) is 2.53. The Hall–Kier alpha value is -3.02. The zero-order chi connectivity index (χ0) is 16.8. The van der Waals surface area contributed by atoms with Gasteiger partial charge in [0.25, 0.3) is 5.91 Å². The first-order chi connectivity index (χ1) is 11.0. The van der Waals surface area contributed by atoms with Crippen LogP contribution in [0.5, 0.6) is 11.5 Å². The van der Waals surface area contributed by atoms with Crippen LogP contribution in [0.1, 0.15) is 15.9 Å². The van der Waals surface area contributed by atoms with Crippen LogP contribution in [0.3, 0.4) is 0 Å². The van der Waals surface area contributed by atoms with Crippen molar-refractivity contribution in [2.75, 3.05) is 19.0 Å². The van der Waals surface area contributed by atoms with E-state index in [1.807, 2.05) is 19.1 Å². The minimum absolute atomic E-state index is 0.180. The molecule has 2 aromatic carbocycles. The number of primary amides is 1. The number of hydrogen-bond donors (Lipinski definition) is 2. The van der Waals surface area contributed by atoms with E-state index in [9.17, 15) is 9.59 Å². The third-order valence-corrected chi connectivity index (χ3v) is 3.11. The van der Waals surface area contributed by atoms with Gasteiger partial charge < -0.3 is 20.5 Å². The highest BCUT2D eigenvalue weighted by atomic mass is 16.5. The highest BCUT2D eigenvalue weighted by molar-refractivity contribution is 5.96. The minimum atomic E-state index is -0.554. The van der Waals surface area contributed by atoms with E-state index in [-0.39, 0.29) is 12.5 Å². The lowest BCUT2D eigenvalue weighted by Crippen LogP contribution is -2.20. The van der Waals surface area contributed by atoms with E-state index < -0.39 is 5.91 Å². The van der Waals surface area contributed by atoms with Gasteiger partial charge in [0.1, 0.15) is 0 Å². The molecule has 0 bridgehead atoms. The molecule has 23 heavy (non-hydrogen) atoms. The summed E-state index contributed by atoms with van der Waals surface area (Å²) in [6.07, 6.45) is 0. The standard InChI is InChI=1S/C17H18N2O4/c1-11-6-7-14(15(8-11)22-2)23-10-16(20)19-13-5-3-4-12(9-13)17(18)21/h3-9H,10H2,1-2H3,(H2,18,21)(H,19,20). The summed E-state index contributed by atoms with van der Waals surface area (Å²) in [5.74, 6) is 0.142. The van der Waals surface area contributed by atoms with Crippen LogP contribution in [0, 0.1) is 6.92 Å². The molecule has 6 heteroatoms. The molecule has 3 N–H and O–H groups in total. The van der Waals surface area contributed by atoms with Gasteiger partial charge in [0.15, 0.2) is 18.1 Å². The van der Waals surface area contributed by atoms with Crippen LogP contribution in [0.2, 0.25) is 0 Å². The Bertz CT molecular complexity index is 728. The lowest BCUT2D eigenvalue weighted by molar-refractivity contribution is -0.118. The monoisotopic (exact) mass is 314 g/mol. The molecule has 2 rings (SSSR count). The second kappa shape index (κ2) is 7.31. The molecule has 0 fully saturated rings. The predicted molar refractivity (Wildman–Crippen MR) is 86.8 cm³/mol. The highest BCUT2D eigenvalue weighted by Crippen LogP contribution is 2.27. The number of carbonyl (C=O) groups excluding carboxylic acids is 2. The number of carbonyl (C=O) groups is 2. The van der Waals surface area contributed by atoms with Gasteiger partial charge in [0.05, 0.1) is 7.11 Å². The van der Waals surface area contributed by atoms with E-state index in [1.165, 1.54) is 13.2 Å². The predicted octanol–water partition coefficient (Wildman–Crippen LogP) is 2.12. The Morgan fingerprint density at radius 2 is 1.91 bits per heavy atom. The number of aryl methyl sites for hydroxylation is 1. The number of amides is 2. The molecule has 120 valence electrons. The summed E-state index contributed by atoms with van der Waals surface area (Å²) in [5, 5.41) is 2.64. The number of hydrogen-bond acceptors (Lipinski definition) is 4. The summed E-state index contributed by atoms with van der Waals surface area (Å²) in [6.45, 7) is 1.75. The highest BCUT2D eigenvalue weighted by Gasteiger charge is 2.09. The van der Waals surface area contributed by atoms with Gasteiger partial charge in [-0.2, -0.15) is 0 Å². The molecule has 2 amide bonds. The molecule has 0 saturated carbocycles. The number of nitrogens with two attached hydrogens (primary N) is 1. The van der Waals surface area contributed by atoms with Crippen LogP contribution < -0.4 is 20.5 Å². The second-order valence-electron chi connectivity index (χ2n) is 4.94. The number of methoxy groups -OCH3 is 1. The third kappa shape index (κ3) is 4.47. The number of anilines is 1. The van der Waals surface area contributed by atoms with Crippen LogP contribution in [0.4, 0.5) is 5.69 Å². The van der Waals surface area contributed by atoms with Crippen molar-refractivity contribution in [1.82, 2.24) is 0 Å². The van der Waals surface area contributed by atoms with Gasteiger partial charge in [0.2, 0.25) is 5.91 Å². The lowest BCUT2D eigenvalue weighted by Gasteiger charge is -2.11. The Kier molecular flexibility index (Phi) is 5.19. The summed E-state index contributed by atoms with van der Waals surface area (Å²) >= 11 is 0. The van der Waals surface area contributed by atoms with Crippen LogP contribution in [0.15, 0.2) is 42.5 Å². The molecule has 0 aromatic heterocycles. The van der Waals surface area contributed by atoms with E-state index in [2.05, 4.69) is 5.32 Å². The molecular weight excluding hydrogens is 296 g/mol. The van der Waals surface area contributed by atoms with Crippen molar-refractivity contribution >= 4 is 17.5 Å². The van der Waals surface area contributed by atoms with Crippen molar-refractivity contribution in [3.8, 4) is 11.5 Å². The van der Waals surface area contributed by atoms with Gasteiger partial charge in [-0.25, -0.2) is 0 Å². The maximum absolute atomic E-state index is 11.9. The van der Waals surface area contributed by atoms with E-state index in [4.69, 9.17) is 15.2 Å². The van der Waals surface area contributed by atoms with Crippen molar-refractivity contribution < 1.29 is 19.1 Å². The van der Waals surface area contributed by atoms with Crippen LogP contribution in [0.25, 0.3) is 0 Å². The summed E-state index contributed by atoms with van der Waals surface area (Å²) in [6, 6.07) is 11.8. The van der Waals surface area contributed by atoms with Gasteiger partial charge in [-0.05, 0) is 42.8 Å². The van der Waals surface area contributed by atoms with Crippen LogP contribution in [-0.4, -0.2) is 25.5 Å². The lowest BCUT2D eigenvalue weighted by atomic mass is 10.2. The normalized spacial score (nSPS) is 10.0. The minimum Gasteiger partial charge on any atom is -0.493 e.